The summed E-state index contributed by atoms with van der Waals surface area (Å²) >= 11 is 11.5. The number of pyridine rings is 1. The fourth-order valence-electron chi connectivity index (χ4n) is 1.22. The Morgan fingerprint density at radius 2 is 2.36 bits per heavy atom. The van der Waals surface area contributed by atoms with Crippen LogP contribution in [0.15, 0.2) is 12.3 Å². The molecule has 0 radical (unpaired) electrons. The molecule has 0 aliphatic carbocycles. The summed E-state index contributed by atoms with van der Waals surface area (Å²) in [7, 11) is 0. The van der Waals surface area contributed by atoms with Gasteiger partial charge < -0.3 is 10.1 Å². The molecule has 1 amide bonds. The lowest BCUT2D eigenvalue weighted by Gasteiger charge is -2.09. The number of alkyl carbamates (subject to hydrolysis) is 1. The van der Waals surface area contributed by atoms with E-state index in [-0.39, 0.29) is 6.10 Å². The van der Waals surface area contributed by atoms with Crippen LogP contribution in [0.1, 0.15) is 11.7 Å². The highest BCUT2D eigenvalue weighted by Crippen LogP contribution is 2.28. The van der Waals surface area contributed by atoms with E-state index in [2.05, 4.69) is 10.3 Å². The number of ether oxygens (including phenoxy) is 1. The lowest BCUT2D eigenvalue weighted by Crippen LogP contribution is -2.12. The fraction of sp³-hybridized carbons (Fsp3) is 0.250. The second kappa shape index (κ2) is 3.63. The lowest BCUT2D eigenvalue weighted by atomic mass is 10.2. The van der Waals surface area contributed by atoms with E-state index in [0.29, 0.717) is 22.3 Å². The average molecular weight is 233 g/mol. The Hall–Kier alpha value is -1.00. The van der Waals surface area contributed by atoms with E-state index in [4.69, 9.17) is 27.9 Å². The zero-order chi connectivity index (χ0) is 10.1. The number of nitrogens with one attached hydrogen (secondary N) is 1. The Balaban J connectivity index is 2.28. The molecule has 2 rings (SSSR count). The summed E-state index contributed by atoms with van der Waals surface area (Å²) in [4.78, 5) is 14.7. The van der Waals surface area contributed by atoms with E-state index in [1.807, 2.05) is 0 Å². The second-order valence-electron chi connectivity index (χ2n) is 2.80. The van der Waals surface area contributed by atoms with Crippen molar-refractivity contribution in [3.8, 4) is 0 Å². The standard InChI is InChI=1S/C8H6Cl2N2O2/c9-5-1-7(10)11-2-4(5)6-3-12-8(13)14-6/h1-2,6H,3H2,(H,12,13). The summed E-state index contributed by atoms with van der Waals surface area (Å²) in [6.45, 7) is 0.405. The quantitative estimate of drug-likeness (QED) is 0.756. The van der Waals surface area contributed by atoms with Gasteiger partial charge in [-0.2, -0.15) is 0 Å². The molecule has 1 aromatic rings. The molecule has 6 heteroatoms. The molecule has 0 aromatic carbocycles. The first-order chi connectivity index (χ1) is 6.66. The Kier molecular flexibility index (Phi) is 2.48. The minimum Gasteiger partial charge on any atom is -0.439 e. The summed E-state index contributed by atoms with van der Waals surface area (Å²) in [5, 5.41) is 3.30. The average Bonchev–Trinajstić information content (AvgIpc) is 2.51. The van der Waals surface area contributed by atoms with Crippen molar-refractivity contribution in [1.29, 1.82) is 0 Å². The molecule has 1 aromatic heterocycles. The number of rotatable bonds is 1. The number of cyclic esters (lactones) is 1. The van der Waals surface area contributed by atoms with Gasteiger partial charge in [0.1, 0.15) is 11.3 Å². The SMILES string of the molecule is O=C1NCC(c2cnc(Cl)cc2Cl)O1. The highest BCUT2D eigenvalue weighted by Gasteiger charge is 2.26. The van der Waals surface area contributed by atoms with Crippen LogP contribution in [-0.2, 0) is 4.74 Å². The highest BCUT2D eigenvalue weighted by atomic mass is 35.5. The first kappa shape index (κ1) is 9.55. The fourth-order valence-corrected chi connectivity index (χ4v) is 1.70. The van der Waals surface area contributed by atoms with E-state index in [0.717, 1.165) is 0 Å². The molecule has 1 saturated heterocycles. The van der Waals surface area contributed by atoms with Gasteiger partial charge in [0.25, 0.3) is 0 Å². The first-order valence-electron chi connectivity index (χ1n) is 3.92. The summed E-state index contributed by atoms with van der Waals surface area (Å²) in [6, 6.07) is 1.52. The summed E-state index contributed by atoms with van der Waals surface area (Å²) < 4.78 is 4.95. The molecule has 1 unspecified atom stereocenters. The minimum absolute atomic E-state index is 0.316. The number of carbonyl (C=O) groups excluding carboxylic acids is 1. The van der Waals surface area contributed by atoms with Crippen LogP contribution in [0, 0.1) is 0 Å². The van der Waals surface area contributed by atoms with Gasteiger partial charge in [-0.3, -0.25) is 0 Å². The van der Waals surface area contributed by atoms with Crippen molar-refractivity contribution >= 4 is 29.3 Å². The molecule has 1 aliphatic heterocycles. The van der Waals surface area contributed by atoms with E-state index < -0.39 is 6.09 Å². The van der Waals surface area contributed by atoms with E-state index >= 15 is 0 Å². The lowest BCUT2D eigenvalue weighted by molar-refractivity contribution is 0.141. The largest absolute Gasteiger partial charge is 0.439 e. The molecule has 74 valence electrons. The number of amides is 1. The maximum atomic E-state index is 10.8. The highest BCUT2D eigenvalue weighted by molar-refractivity contribution is 6.34. The Morgan fingerprint density at radius 1 is 1.57 bits per heavy atom. The molecule has 2 heterocycles. The second-order valence-corrected chi connectivity index (χ2v) is 3.60. The van der Waals surface area contributed by atoms with Crippen LogP contribution in [-0.4, -0.2) is 17.6 Å². The third kappa shape index (κ3) is 1.76. The number of nitrogens with zero attached hydrogens (tertiary/aromatic N) is 1. The zero-order valence-electron chi connectivity index (χ0n) is 6.96. The summed E-state index contributed by atoms with van der Waals surface area (Å²) in [5.41, 5.74) is 0.661. The number of carbonyl (C=O) groups is 1. The molecular formula is C8H6Cl2N2O2. The third-order valence-corrected chi connectivity index (χ3v) is 2.41. The van der Waals surface area contributed by atoms with Crippen molar-refractivity contribution in [1.82, 2.24) is 10.3 Å². The number of hydrogen-bond acceptors (Lipinski definition) is 3. The zero-order valence-corrected chi connectivity index (χ0v) is 8.47. The van der Waals surface area contributed by atoms with Gasteiger partial charge in [0, 0.05) is 11.8 Å². The van der Waals surface area contributed by atoms with Gasteiger partial charge in [-0.05, 0) is 6.07 Å². The number of hydrogen-bond donors (Lipinski definition) is 1. The summed E-state index contributed by atoms with van der Waals surface area (Å²) in [6.07, 6.45) is 0.691. The van der Waals surface area contributed by atoms with Crippen LogP contribution < -0.4 is 5.32 Å². The van der Waals surface area contributed by atoms with Gasteiger partial charge in [-0.25, -0.2) is 9.78 Å². The van der Waals surface area contributed by atoms with Crippen molar-refractivity contribution in [2.45, 2.75) is 6.10 Å². The monoisotopic (exact) mass is 232 g/mol. The number of halogens is 2. The van der Waals surface area contributed by atoms with Gasteiger partial charge in [-0.1, -0.05) is 23.2 Å². The van der Waals surface area contributed by atoms with Crippen LogP contribution in [0.2, 0.25) is 10.2 Å². The summed E-state index contributed by atoms with van der Waals surface area (Å²) in [5.74, 6) is 0. The molecule has 1 aliphatic rings. The predicted octanol–water partition coefficient (Wildman–Crippen LogP) is 2.17. The normalized spacial score (nSPS) is 20.4. The van der Waals surface area contributed by atoms with Crippen LogP contribution in [0.25, 0.3) is 0 Å². The molecule has 1 N–H and O–H groups in total. The maximum Gasteiger partial charge on any atom is 0.407 e. The van der Waals surface area contributed by atoms with E-state index in [9.17, 15) is 4.79 Å². The van der Waals surface area contributed by atoms with Crippen LogP contribution in [0.4, 0.5) is 4.79 Å². The molecule has 0 bridgehead atoms. The molecule has 1 atom stereocenters. The van der Waals surface area contributed by atoms with Crippen molar-refractivity contribution < 1.29 is 9.53 Å². The van der Waals surface area contributed by atoms with Crippen LogP contribution in [0.5, 0.6) is 0 Å². The van der Waals surface area contributed by atoms with Gasteiger partial charge in [0.05, 0.1) is 11.6 Å². The van der Waals surface area contributed by atoms with Crippen molar-refractivity contribution in [2.75, 3.05) is 6.54 Å². The number of aromatic nitrogens is 1. The van der Waals surface area contributed by atoms with Gasteiger partial charge in [0.15, 0.2) is 0 Å². The molecule has 1 fully saturated rings. The molecule has 0 saturated carbocycles. The maximum absolute atomic E-state index is 10.8. The molecule has 14 heavy (non-hydrogen) atoms. The van der Waals surface area contributed by atoms with E-state index in [1.54, 1.807) is 0 Å². The Bertz CT molecular complexity index is 384. The van der Waals surface area contributed by atoms with Crippen LogP contribution >= 0.6 is 23.2 Å². The van der Waals surface area contributed by atoms with Crippen molar-refractivity contribution in [3.63, 3.8) is 0 Å². The molecule has 0 spiro atoms. The Morgan fingerprint density at radius 3 is 2.93 bits per heavy atom. The Labute approximate surface area is 90.2 Å². The topological polar surface area (TPSA) is 51.2 Å². The van der Waals surface area contributed by atoms with Crippen molar-refractivity contribution in [2.24, 2.45) is 0 Å². The predicted molar refractivity (Wildman–Crippen MR) is 51.5 cm³/mol. The third-order valence-electron chi connectivity index (χ3n) is 1.88. The molecular weight excluding hydrogens is 227 g/mol. The van der Waals surface area contributed by atoms with Gasteiger partial charge in [-0.15, -0.1) is 0 Å². The van der Waals surface area contributed by atoms with E-state index in [1.165, 1.54) is 12.3 Å². The van der Waals surface area contributed by atoms with Gasteiger partial charge in [0.2, 0.25) is 0 Å². The van der Waals surface area contributed by atoms with Crippen molar-refractivity contribution in [3.05, 3.63) is 28.0 Å². The minimum atomic E-state index is -0.444. The smallest absolute Gasteiger partial charge is 0.407 e. The van der Waals surface area contributed by atoms with Gasteiger partial charge >= 0.3 is 6.09 Å². The molecule has 4 nitrogen and oxygen atoms in total. The first-order valence-corrected chi connectivity index (χ1v) is 4.68. The van der Waals surface area contributed by atoms with Crippen LogP contribution in [0.3, 0.4) is 0 Å².